The van der Waals surface area contributed by atoms with Crippen molar-refractivity contribution in [3.8, 4) is 0 Å². The first-order valence-corrected chi connectivity index (χ1v) is 8.79. The third-order valence-corrected chi connectivity index (χ3v) is 4.81. The normalized spacial score (nSPS) is 18.0. The summed E-state index contributed by atoms with van der Waals surface area (Å²) in [4.78, 5) is 18.4. The smallest absolute Gasteiger partial charge is 0.338 e. The minimum atomic E-state index is -4.31. The Morgan fingerprint density at radius 3 is 2.81 bits per heavy atom. The van der Waals surface area contributed by atoms with Gasteiger partial charge in [-0.15, -0.1) is 0 Å². The average Bonchev–Trinajstić information content (AvgIpc) is 2.66. The fourth-order valence-electron chi connectivity index (χ4n) is 3.43. The van der Waals surface area contributed by atoms with E-state index in [1.54, 1.807) is 30.6 Å². The van der Waals surface area contributed by atoms with Crippen LogP contribution in [-0.4, -0.2) is 28.9 Å². The van der Waals surface area contributed by atoms with Gasteiger partial charge >= 0.3 is 6.18 Å². The molecule has 3 rings (SSSR count). The van der Waals surface area contributed by atoms with Crippen molar-refractivity contribution in [3.63, 3.8) is 0 Å². The highest BCUT2D eigenvalue weighted by Crippen LogP contribution is 2.30. The Morgan fingerprint density at radius 1 is 1.23 bits per heavy atom. The standard InChI is InChI=1S/C20H21F3N2O/c21-20(22,23)18-7-1-4-15(12-18)8-9-16-5-3-11-25(14-16)19(26)17-6-2-10-24-13-17/h1-2,4,6-7,10,12-13,16H,3,5,8-9,11,14H2/t16-/m1/s1. The SMILES string of the molecule is O=C(c1cccnc1)N1CCC[C@H](CCc2cccc(C(F)(F)F)c2)C1. The lowest BCUT2D eigenvalue weighted by Gasteiger charge is -2.33. The van der Waals surface area contributed by atoms with E-state index in [-0.39, 0.29) is 5.91 Å². The number of rotatable bonds is 4. The number of pyridine rings is 1. The summed E-state index contributed by atoms with van der Waals surface area (Å²) in [5.41, 5.74) is 0.661. The number of carbonyl (C=O) groups is 1. The Bertz CT molecular complexity index is 746. The number of likely N-dealkylation sites (tertiary alicyclic amines) is 1. The van der Waals surface area contributed by atoms with E-state index in [2.05, 4.69) is 4.98 Å². The van der Waals surface area contributed by atoms with Gasteiger partial charge in [0.15, 0.2) is 0 Å². The Labute approximate surface area is 150 Å². The number of hydrogen-bond donors (Lipinski definition) is 0. The minimum absolute atomic E-state index is 0.0260. The van der Waals surface area contributed by atoms with Gasteiger partial charge in [0.1, 0.15) is 0 Å². The predicted molar refractivity (Wildman–Crippen MR) is 92.6 cm³/mol. The van der Waals surface area contributed by atoms with Crippen molar-refractivity contribution < 1.29 is 18.0 Å². The third kappa shape index (κ3) is 4.62. The lowest BCUT2D eigenvalue weighted by atomic mass is 9.91. The molecule has 1 aromatic heterocycles. The number of halogens is 3. The summed E-state index contributed by atoms with van der Waals surface area (Å²) in [7, 11) is 0. The van der Waals surface area contributed by atoms with Crippen LogP contribution in [0.15, 0.2) is 48.8 Å². The maximum Gasteiger partial charge on any atom is 0.416 e. The summed E-state index contributed by atoms with van der Waals surface area (Å²) in [5, 5.41) is 0. The highest BCUT2D eigenvalue weighted by molar-refractivity contribution is 5.93. The molecular formula is C20H21F3N2O. The topological polar surface area (TPSA) is 33.2 Å². The van der Waals surface area contributed by atoms with Gasteiger partial charge in [-0.2, -0.15) is 13.2 Å². The monoisotopic (exact) mass is 362 g/mol. The van der Waals surface area contributed by atoms with Crippen molar-refractivity contribution in [2.24, 2.45) is 5.92 Å². The number of nitrogens with zero attached hydrogens (tertiary/aromatic N) is 2. The molecule has 0 unspecified atom stereocenters. The Kier molecular flexibility index (Phi) is 5.59. The first-order chi connectivity index (χ1) is 12.4. The van der Waals surface area contributed by atoms with E-state index in [0.29, 0.717) is 36.6 Å². The second-order valence-corrected chi connectivity index (χ2v) is 6.74. The van der Waals surface area contributed by atoms with Crippen molar-refractivity contribution >= 4 is 5.91 Å². The fourth-order valence-corrected chi connectivity index (χ4v) is 3.43. The van der Waals surface area contributed by atoms with E-state index in [9.17, 15) is 18.0 Å². The quantitative estimate of drug-likeness (QED) is 0.797. The second-order valence-electron chi connectivity index (χ2n) is 6.74. The van der Waals surface area contributed by atoms with Crippen LogP contribution in [0.3, 0.4) is 0 Å². The van der Waals surface area contributed by atoms with Gasteiger partial charge in [-0.05, 0) is 55.4 Å². The van der Waals surface area contributed by atoms with Gasteiger partial charge in [-0.3, -0.25) is 9.78 Å². The maximum absolute atomic E-state index is 12.8. The van der Waals surface area contributed by atoms with Gasteiger partial charge in [0.25, 0.3) is 5.91 Å². The van der Waals surface area contributed by atoms with Gasteiger partial charge in [-0.1, -0.05) is 18.2 Å². The van der Waals surface area contributed by atoms with Gasteiger partial charge in [0, 0.05) is 25.5 Å². The molecule has 0 bridgehead atoms. The van der Waals surface area contributed by atoms with Crippen LogP contribution in [0, 0.1) is 5.92 Å². The number of hydrogen-bond acceptors (Lipinski definition) is 2. The molecular weight excluding hydrogens is 341 g/mol. The Hall–Kier alpha value is -2.37. The zero-order chi connectivity index (χ0) is 18.6. The predicted octanol–water partition coefficient (Wildman–Crippen LogP) is 4.59. The lowest BCUT2D eigenvalue weighted by Crippen LogP contribution is -2.40. The zero-order valence-electron chi connectivity index (χ0n) is 14.4. The molecule has 1 saturated heterocycles. The van der Waals surface area contributed by atoms with Crippen molar-refractivity contribution in [1.29, 1.82) is 0 Å². The molecule has 1 atom stereocenters. The molecule has 0 saturated carbocycles. The maximum atomic E-state index is 12.8. The molecule has 1 aromatic carbocycles. The van der Waals surface area contributed by atoms with Crippen LogP contribution >= 0.6 is 0 Å². The van der Waals surface area contributed by atoms with Crippen LogP contribution in [0.2, 0.25) is 0 Å². The second kappa shape index (κ2) is 7.89. The summed E-state index contributed by atoms with van der Waals surface area (Å²) < 4.78 is 38.4. The number of piperidine rings is 1. The number of amides is 1. The van der Waals surface area contributed by atoms with E-state index < -0.39 is 11.7 Å². The van der Waals surface area contributed by atoms with Crippen LogP contribution in [0.4, 0.5) is 13.2 Å². The first-order valence-electron chi connectivity index (χ1n) is 8.79. The van der Waals surface area contributed by atoms with E-state index in [1.165, 1.54) is 12.1 Å². The molecule has 1 amide bonds. The number of benzene rings is 1. The van der Waals surface area contributed by atoms with Crippen LogP contribution in [0.5, 0.6) is 0 Å². The summed E-state index contributed by atoms with van der Waals surface area (Å²) in [6.07, 6.45) is 2.16. The van der Waals surface area contributed by atoms with E-state index in [0.717, 1.165) is 25.3 Å². The number of aromatic nitrogens is 1. The molecule has 26 heavy (non-hydrogen) atoms. The zero-order valence-corrected chi connectivity index (χ0v) is 14.4. The number of alkyl halides is 3. The average molecular weight is 362 g/mol. The highest BCUT2D eigenvalue weighted by Gasteiger charge is 2.30. The van der Waals surface area contributed by atoms with Crippen molar-refractivity contribution in [2.45, 2.75) is 31.9 Å². The van der Waals surface area contributed by atoms with Crippen molar-refractivity contribution in [1.82, 2.24) is 9.88 Å². The molecule has 2 aromatic rings. The molecule has 0 spiro atoms. The van der Waals surface area contributed by atoms with Gasteiger partial charge < -0.3 is 4.90 Å². The molecule has 138 valence electrons. The number of aryl methyl sites for hydroxylation is 1. The van der Waals surface area contributed by atoms with Crippen LogP contribution in [0.25, 0.3) is 0 Å². The fraction of sp³-hybridized carbons (Fsp3) is 0.400. The van der Waals surface area contributed by atoms with Crippen LogP contribution in [0.1, 0.15) is 40.7 Å². The highest BCUT2D eigenvalue weighted by atomic mass is 19.4. The summed E-state index contributed by atoms with van der Waals surface area (Å²) >= 11 is 0. The van der Waals surface area contributed by atoms with Crippen LogP contribution < -0.4 is 0 Å². The van der Waals surface area contributed by atoms with Crippen LogP contribution in [-0.2, 0) is 12.6 Å². The van der Waals surface area contributed by atoms with Gasteiger partial charge in [0.05, 0.1) is 11.1 Å². The largest absolute Gasteiger partial charge is 0.416 e. The van der Waals surface area contributed by atoms with Gasteiger partial charge in [-0.25, -0.2) is 0 Å². The van der Waals surface area contributed by atoms with E-state index >= 15 is 0 Å². The summed E-state index contributed by atoms with van der Waals surface area (Å²) in [6.45, 7) is 1.36. The Morgan fingerprint density at radius 2 is 2.08 bits per heavy atom. The molecule has 3 nitrogen and oxygen atoms in total. The molecule has 1 aliphatic heterocycles. The van der Waals surface area contributed by atoms with E-state index in [4.69, 9.17) is 0 Å². The molecule has 0 N–H and O–H groups in total. The van der Waals surface area contributed by atoms with E-state index in [1.807, 2.05) is 4.90 Å². The molecule has 0 aliphatic carbocycles. The summed E-state index contributed by atoms with van der Waals surface area (Å²) in [5.74, 6) is 0.279. The molecule has 1 fully saturated rings. The first kappa shape index (κ1) is 18.4. The molecule has 2 heterocycles. The summed E-state index contributed by atoms with van der Waals surface area (Å²) in [6, 6.07) is 9.00. The minimum Gasteiger partial charge on any atom is -0.338 e. The lowest BCUT2D eigenvalue weighted by molar-refractivity contribution is -0.137. The van der Waals surface area contributed by atoms with Gasteiger partial charge in [0.2, 0.25) is 0 Å². The third-order valence-electron chi connectivity index (χ3n) is 4.81. The number of carbonyl (C=O) groups excluding carboxylic acids is 1. The molecule has 6 heteroatoms. The van der Waals surface area contributed by atoms with Crippen molar-refractivity contribution in [3.05, 3.63) is 65.5 Å². The molecule has 0 radical (unpaired) electrons. The van der Waals surface area contributed by atoms with Crippen molar-refractivity contribution in [2.75, 3.05) is 13.1 Å². The Balaban J connectivity index is 1.58. The molecule has 1 aliphatic rings.